The van der Waals surface area contributed by atoms with Crippen LogP contribution in [0.1, 0.15) is 68.7 Å². The van der Waals surface area contributed by atoms with Crippen LogP contribution in [0, 0.1) is 0 Å². The molecule has 5 heteroatoms. The maximum Gasteiger partial charge on any atom is 0.261 e. The molecule has 3 amide bonds. The average molecular weight is 362 g/mol. The quantitative estimate of drug-likeness (QED) is 0.846. The predicted molar refractivity (Wildman–Crippen MR) is 101 cm³/mol. The molecule has 27 heavy (non-hydrogen) atoms. The van der Waals surface area contributed by atoms with E-state index in [0.717, 1.165) is 18.4 Å². The van der Waals surface area contributed by atoms with E-state index in [4.69, 9.17) is 0 Å². The molecule has 0 saturated heterocycles. The van der Waals surface area contributed by atoms with Crippen LogP contribution in [0.2, 0.25) is 0 Å². The summed E-state index contributed by atoms with van der Waals surface area (Å²) in [5, 5.41) is 3.10. The van der Waals surface area contributed by atoms with Crippen molar-refractivity contribution in [2.75, 3.05) is 0 Å². The van der Waals surface area contributed by atoms with E-state index in [2.05, 4.69) is 5.32 Å². The van der Waals surface area contributed by atoms with Crippen molar-refractivity contribution in [2.45, 2.75) is 44.7 Å². The van der Waals surface area contributed by atoms with Crippen LogP contribution in [-0.4, -0.2) is 28.7 Å². The van der Waals surface area contributed by atoms with Crippen LogP contribution in [0.5, 0.6) is 0 Å². The number of rotatable bonds is 4. The lowest BCUT2D eigenvalue weighted by Crippen LogP contribution is -2.36. The van der Waals surface area contributed by atoms with Gasteiger partial charge in [-0.05, 0) is 42.7 Å². The molecule has 1 N–H and O–H groups in total. The standard InChI is InChI=1S/C22H22N2O3/c25-20(23-17-6-2-1-3-7-17)16-12-10-15(11-13-16)14-24-21(26)18-8-4-5-9-19(18)22(24)27/h4-5,8-13,17H,1-3,6-7,14H2,(H,23,25). The maximum atomic E-state index is 12.4. The summed E-state index contributed by atoms with van der Waals surface area (Å²) < 4.78 is 0. The number of hydrogen-bond acceptors (Lipinski definition) is 3. The smallest absolute Gasteiger partial charge is 0.261 e. The summed E-state index contributed by atoms with van der Waals surface area (Å²) in [6.07, 6.45) is 5.68. The van der Waals surface area contributed by atoms with Gasteiger partial charge < -0.3 is 5.32 Å². The van der Waals surface area contributed by atoms with Crippen molar-refractivity contribution >= 4 is 17.7 Å². The third-order valence-corrected chi connectivity index (χ3v) is 5.38. The third-order valence-electron chi connectivity index (χ3n) is 5.38. The molecule has 0 radical (unpaired) electrons. The number of carbonyl (C=O) groups is 3. The van der Waals surface area contributed by atoms with Gasteiger partial charge in [-0.25, -0.2) is 0 Å². The summed E-state index contributed by atoms with van der Waals surface area (Å²) in [4.78, 5) is 38.5. The normalized spacial score (nSPS) is 17.1. The summed E-state index contributed by atoms with van der Waals surface area (Å²) in [6, 6.07) is 14.3. The average Bonchev–Trinajstić information content (AvgIpc) is 2.94. The zero-order valence-electron chi connectivity index (χ0n) is 15.1. The number of amides is 3. The molecule has 1 aliphatic carbocycles. The van der Waals surface area contributed by atoms with E-state index in [9.17, 15) is 14.4 Å². The van der Waals surface area contributed by atoms with E-state index < -0.39 is 0 Å². The van der Waals surface area contributed by atoms with Crippen LogP contribution in [0.4, 0.5) is 0 Å². The van der Waals surface area contributed by atoms with Gasteiger partial charge in [-0.2, -0.15) is 0 Å². The van der Waals surface area contributed by atoms with Crippen LogP contribution in [0.3, 0.4) is 0 Å². The largest absolute Gasteiger partial charge is 0.349 e. The third kappa shape index (κ3) is 3.50. The second-order valence-corrected chi connectivity index (χ2v) is 7.25. The van der Waals surface area contributed by atoms with Crippen molar-refractivity contribution in [1.82, 2.24) is 10.2 Å². The minimum atomic E-state index is -0.269. The van der Waals surface area contributed by atoms with Gasteiger partial charge in [0.15, 0.2) is 0 Å². The molecular formula is C22H22N2O3. The lowest BCUT2D eigenvalue weighted by molar-refractivity contribution is 0.0641. The topological polar surface area (TPSA) is 66.5 Å². The van der Waals surface area contributed by atoms with Crippen molar-refractivity contribution in [1.29, 1.82) is 0 Å². The van der Waals surface area contributed by atoms with Crippen molar-refractivity contribution in [3.8, 4) is 0 Å². The molecule has 1 heterocycles. The highest BCUT2D eigenvalue weighted by Gasteiger charge is 2.34. The molecule has 0 aromatic heterocycles. The fourth-order valence-electron chi connectivity index (χ4n) is 3.84. The van der Waals surface area contributed by atoms with Gasteiger partial charge in [0, 0.05) is 11.6 Å². The first kappa shape index (κ1) is 17.5. The molecule has 2 aromatic carbocycles. The summed E-state index contributed by atoms with van der Waals surface area (Å²) in [6.45, 7) is 0.205. The van der Waals surface area contributed by atoms with Crippen LogP contribution >= 0.6 is 0 Å². The first-order valence-corrected chi connectivity index (χ1v) is 9.48. The molecule has 1 fully saturated rings. The molecule has 138 valence electrons. The van der Waals surface area contributed by atoms with Crippen LogP contribution in [-0.2, 0) is 6.54 Å². The van der Waals surface area contributed by atoms with Gasteiger partial charge in [0.2, 0.25) is 0 Å². The first-order chi connectivity index (χ1) is 13.1. The van der Waals surface area contributed by atoms with Crippen LogP contribution in [0.25, 0.3) is 0 Å². The lowest BCUT2D eigenvalue weighted by Gasteiger charge is -2.22. The molecule has 1 saturated carbocycles. The Morgan fingerprint density at radius 3 is 2.07 bits per heavy atom. The second-order valence-electron chi connectivity index (χ2n) is 7.25. The number of hydrogen-bond donors (Lipinski definition) is 1. The minimum Gasteiger partial charge on any atom is -0.349 e. The molecule has 4 rings (SSSR count). The zero-order chi connectivity index (χ0) is 18.8. The predicted octanol–water partition coefficient (Wildman–Crippen LogP) is 3.55. The van der Waals surface area contributed by atoms with E-state index in [1.165, 1.54) is 24.2 Å². The lowest BCUT2D eigenvalue weighted by atomic mass is 9.95. The number of imide groups is 1. The Morgan fingerprint density at radius 2 is 1.48 bits per heavy atom. The van der Waals surface area contributed by atoms with Crippen molar-refractivity contribution in [2.24, 2.45) is 0 Å². The summed E-state index contributed by atoms with van der Waals surface area (Å²) in [5.74, 6) is -0.599. The molecule has 0 bridgehead atoms. The summed E-state index contributed by atoms with van der Waals surface area (Å²) in [5.41, 5.74) is 2.32. The van der Waals surface area contributed by atoms with E-state index >= 15 is 0 Å². The van der Waals surface area contributed by atoms with E-state index in [1.54, 1.807) is 48.5 Å². The first-order valence-electron chi connectivity index (χ1n) is 9.48. The van der Waals surface area contributed by atoms with E-state index in [0.29, 0.717) is 16.7 Å². The van der Waals surface area contributed by atoms with Gasteiger partial charge in [0.25, 0.3) is 17.7 Å². The zero-order valence-corrected chi connectivity index (χ0v) is 15.1. The van der Waals surface area contributed by atoms with E-state index in [-0.39, 0.29) is 30.3 Å². The molecule has 0 unspecified atom stereocenters. The summed E-state index contributed by atoms with van der Waals surface area (Å²) >= 11 is 0. The Balaban J connectivity index is 1.42. The highest BCUT2D eigenvalue weighted by Crippen LogP contribution is 2.24. The molecular weight excluding hydrogens is 340 g/mol. The highest BCUT2D eigenvalue weighted by molar-refractivity contribution is 6.21. The number of nitrogens with zero attached hydrogens (tertiary/aromatic N) is 1. The number of fused-ring (bicyclic) bond motifs is 1. The van der Waals surface area contributed by atoms with Crippen molar-refractivity contribution < 1.29 is 14.4 Å². The molecule has 2 aromatic rings. The fraction of sp³-hybridized carbons (Fsp3) is 0.318. The van der Waals surface area contributed by atoms with E-state index in [1.807, 2.05) is 0 Å². The Bertz CT molecular complexity index is 848. The number of benzene rings is 2. The Hall–Kier alpha value is -2.95. The molecule has 2 aliphatic rings. The monoisotopic (exact) mass is 362 g/mol. The van der Waals surface area contributed by atoms with Gasteiger partial charge >= 0.3 is 0 Å². The number of carbonyl (C=O) groups excluding carboxylic acids is 3. The maximum absolute atomic E-state index is 12.4. The SMILES string of the molecule is O=C(NC1CCCCC1)c1ccc(CN2C(=O)c3ccccc3C2=O)cc1. The second kappa shape index (κ2) is 7.35. The minimum absolute atomic E-state index is 0.0609. The fourth-order valence-corrected chi connectivity index (χ4v) is 3.84. The molecule has 0 atom stereocenters. The van der Waals surface area contributed by atoms with Crippen molar-refractivity contribution in [3.05, 3.63) is 70.8 Å². The van der Waals surface area contributed by atoms with Crippen LogP contribution < -0.4 is 5.32 Å². The summed E-state index contributed by atoms with van der Waals surface area (Å²) in [7, 11) is 0. The Kier molecular flexibility index (Phi) is 4.75. The van der Waals surface area contributed by atoms with Crippen LogP contribution in [0.15, 0.2) is 48.5 Å². The highest BCUT2D eigenvalue weighted by atomic mass is 16.2. The van der Waals surface area contributed by atoms with Gasteiger partial charge in [-0.1, -0.05) is 43.5 Å². The Morgan fingerprint density at radius 1 is 0.889 bits per heavy atom. The number of nitrogens with one attached hydrogen (secondary N) is 1. The molecule has 5 nitrogen and oxygen atoms in total. The van der Waals surface area contributed by atoms with Gasteiger partial charge in [0.05, 0.1) is 17.7 Å². The van der Waals surface area contributed by atoms with Crippen molar-refractivity contribution in [3.63, 3.8) is 0 Å². The Labute approximate surface area is 158 Å². The van der Waals surface area contributed by atoms with Gasteiger partial charge in [-0.3, -0.25) is 19.3 Å². The van der Waals surface area contributed by atoms with Gasteiger partial charge in [0.1, 0.15) is 0 Å². The molecule has 1 aliphatic heterocycles. The van der Waals surface area contributed by atoms with Gasteiger partial charge in [-0.15, -0.1) is 0 Å². The molecule has 0 spiro atoms.